The molecule has 0 unspecified atom stereocenters. The monoisotopic (exact) mass is 928 g/mol. The van der Waals surface area contributed by atoms with Crippen LogP contribution >= 0.6 is 0 Å². The predicted octanol–water partition coefficient (Wildman–Crippen LogP) is 5.62. The third-order valence-electron chi connectivity index (χ3n) is 15.2. The Morgan fingerprint density at radius 3 is 2.26 bits per heavy atom. The first-order valence-electron chi connectivity index (χ1n) is 24.6. The highest BCUT2D eigenvalue weighted by molar-refractivity contribution is 6.39. The molecule has 14 heteroatoms. The number of cyclic esters (lactones) is 1. The number of esters is 1. The molecule has 1 saturated carbocycles. The van der Waals surface area contributed by atoms with Gasteiger partial charge in [0.25, 0.3) is 11.7 Å². The SMILES string of the molecule is CO[C@H]1C(=O)[C@@H](C)C[C@H](C)/C=C/C=C/C=C(\C)[C@@H](CO)C[C@@H]2CC[C@@H](C)[C@@](O)(O2)C(=O)C(=O)N2CCCC[C@H]2C(=O)O[C@H]([C@H](CO)C[C@@H]2CC[C@H](C)[C@H](CO)C2)CC(=O)[C@H](C)/C=C(\C)[C@H]1O. The highest BCUT2D eigenvalue weighted by atomic mass is 16.6. The second-order valence-corrected chi connectivity index (χ2v) is 20.3. The summed E-state index contributed by atoms with van der Waals surface area (Å²) in [6.07, 6.45) is 12.0. The van der Waals surface area contributed by atoms with Crippen molar-refractivity contribution in [1.29, 1.82) is 0 Å². The summed E-state index contributed by atoms with van der Waals surface area (Å²) in [5, 5.41) is 54.8. The van der Waals surface area contributed by atoms with Crippen LogP contribution in [-0.2, 0) is 38.2 Å². The molecule has 15 atom stereocenters. The fraction of sp³-hybridized carbons (Fsp3) is 0.750. The van der Waals surface area contributed by atoms with Crippen LogP contribution in [0.4, 0.5) is 0 Å². The number of hydrogen-bond acceptors (Lipinski definition) is 13. The maximum Gasteiger partial charge on any atom is 0.329 e. The molecule has 5 N–H and O–H groups in total. The molecule has 1 aliphatic carbocycles. The molecule has 3 fully saturated rings. The zero-order chi connectivity index (χ0) is 48.9. The minimum absolute atomic E-state index is 0.00801. The normalized spacial score (nSPS) is 40.0. The van der Waals surface area contributed by atoms with Crippen molar-refractivity contribution >= 4 is 29.2 Å². The lowest BCUT2D eigenvalue weighted by Gasteiger charge is -2.43. The number of aliphatic hydroxyl groups excluding tert-OH is 4. The van der Waals surface area contributed by atoms with Crippen molar-refractivity contribution in [3.05, 3.63) is 47.6 Å². The van der Waals surface area contributed by atoms with Gasteiger partial charge in [-0.3, -0.25) is 19.2 Å². The van der Waals surface area contributed by atoms with Crippen LogP contribution in [0.3, 0.4) is 0 Å². The maximum atomic E-state index is 14.4. The minimum atomic E-state index is -2.48. The van der Waals surface area contributed by atoms with Crippen molar-refractivity contribution < 1.29 is 63.7 Å². The summed E-state index contributed by atoms with van der Waals surface area (Å²) in [5.74, 6) is -8.83. The highest BCUT2D eigenvalue weighted by Gasteiger charge is 2.53. The number of allylic oxidation sites excluding steroid dienone is 6. The van der Waals surface area contributed by atoms with Gasteiger partial charge in [0.05, 0.1) is 6.10 Å². The Kier molecular flexibility index (Phi) is 21.6. The largest absolute Gasteiger partial charge is 0.460 e. The topological polar surface area (TPSA) is 217 Å². The fourth-order valence-corrected chi connectivity index (χ4v) is 10.5. The van der Waals surface area contributed by atoms with Crippen molar-refractivity contribution in [3.63, 3.8) is 0 Å². The van der Waals surface area contributed by atoms with Gasteiger partial charge in [0.15, 0.2) is 5.78 Å². The quantitative estimate of drug-likeness (QED) is 0.119. The van der Waals surface area contributed by atoms with Gasteiger partial charge < -0.3 is 44.6 Å². The van der Waals surface area contributed by atoms with Crippen molar-refractivity contribution in [2.24, 2.45) is 53.3 Å². The molecule has 66 heavy (non-hydrogen) atoms. The lowest BCUT2D eigenvalue weighted by molar-refractivity contribution is -0.265. The van der Waals surface area contributed by atoms with E-state index in [1.807, 2.05) is 44.2 Å². The maximum absolute atomic E-state index is 14.4. The Labute approximate surface area is 392 Å². The number of ether oxygens (including phenoxy) is 3. The number of fused-ring (bicyclic) bond motifs is 3. The molecular weight excluding hydrogens is 847 g/mol. The van der Waals surface area contributed by atoms with Gasteiger partial charge in [-0.15, -0.1) is 0 Å². The van der Waals surface area contributed by atoms with E-state index in [1.165, 1.54) is 7.11 Å². The minimum Gasteiger partial charge on any atom is -0.460 e. The number of hydrogen-bond donors (Lipinski definition) is 5. The molecule has 3 aliphatic heterocycles. The average Bonchev–Trinajstić information content (AvgIpc) is 3.30. The average molecular weight is 928 g/mol. The summed E-state index contributed by atoms with van der Waals surface area (Å²) in [6.45, 7) is 12.1. The van der Waals surface area contributed by atoms with Crippen molar-refractivity contribution in [2.45, 2.75) is 162 Å². The van der Waals surface area contributed by atoms with Gasteiger partial charge in [0.1, 0.15) is 30.1 Å². The Morgan fingerprint density at radius 1 is 0.864 bits per heavy atom. The van der Waals surface area contributed by atoms with Crippen molar-refractivity contribution in [1.82, 2.24) is 4.90 Å². The van der Waals surface area contributed by atoms with E-state index in [2.05, 4.69) is 6.92 Å². The van der Waals surface area contributed by atoms with Crippen LogP contribution in [0.15, 0.2) is 47.6 Å². The summed E-state index contributed by atoms with van der Waals surface area (Å²) in [6, 6.07) is -1.21. The molecule has 0 spiro atoms. The van der Waals surface area contributed by atoms with Crippen LogP contribution in [0.5, 0.6) is 0 Å². The molecule has 3 heterocycles. The standard InChI is InChI=1S/C52H81NO13/c1-31-14-10-9-11-15-32(2)40(29-55)26-42-20-18-37(7)52(63,66-42)49(60)50(61)53-21-13-12-16-43(53)51(62)65-45(41(30-56)25-38-19-17-33(3)39(24-38)28-54)27-44(57)34(4)23-36(6)47(59)48(64-8)46(58)35(5)22-31/h9-11,14-15,23,31,33-35,37-43,45,47-48,54-56,59,63H,12-13,16-22,24-30H2,1-8H3/b11-9+,14-10+,32-15+,36-23+/t31-,33+,34-,35+,37-,38-,39+,40-,41+,42+,43+,45+,47-,48+,52-/m1/s1. The Morgan fingerprint density at radius 2 is 1.59 bits per heavy atom. The molecule has 4 aliphatic rings. The van der Waals surface area contributed by atoms with E-state index >= 15 is 0 Å². The van der Waals surface area contributed by atoms with E-state index < -0.39 is 84.2 Å². The molecule has 4 rings (SSSR count). The Bertz CT molecular complexity index is 1770. The van der Waals surface area contributed by atoms with Gasteiger partial charge in [-0.25, -0.2) is 4.79 Å². The molecular formula is C52H81NO13. The third-order valence-corrected chi connectivity index (χ3v) is 15.2. The van der Waals surface area contributed by atoms with Gasteiger partial charge in [0.2, 0.25) is 5.79 Å². The number of methoxy groups -OCH3 is 1. The molecule has 0 radical (unpaired) electrons. The molecule has 14 nitrogen and oxygen atoms in total. The number of carbonyl (C=O) groups is 5. The predicted molar refractivity (Wildman–Crippen MR) is 249 cm³/mol. The van der Waals surface area contributed by atoms with Gasteiger partial charge >= 0.3 is 5.97 Å². The summed E-state index contributed by atoms with van der Waals surface area (Å²) < 4.78 is 17.9. The summed E-state index contributed by atoms with van der Waals surface area (Å²) >= 11 is 0. The number of Topliss-reactive ketones (excluding diaryl/α,β-unsaturated/α-hetero) is 3. The van der Waals surface area contributed by atoms with Crippen LogP contribution < -0.4 is 0 Å². The van der Waals surface area contributed by atoms with E-state index in [1.54, 1.807) is 33.8 Å². The zero-order valence-corrected chi connectivity index (χ0v) is 40.8. The number of piperidine rings is 1. The first-order valence-corrected chi connectivity index (χ1v) is 24.6. The first-order chi connectivity index (χ1) is 31.3. The van der Waals surface area contributed by atoms with Gasteiger partial charge in [0, 0.05) is 69.5 Å². The first kappa shape index (κ1) is 55.2. The number of rotatable bonds is 7. The van der Waals surface area contributed by atoms with E-state index in [0.717, 1.165) is 23.3 Å². The number of nitrogens with zero attached hydrogens (tertiary/aromatic N) is 1. The molecule has 0 aromatic rings. The van der Waals surface area contributed by atoms with Crippen LogP contribution in [0.1, 0.15) is 126 Å². The highest BCUT2D eigenvalue weighted by Crippen LogP contribution is 2.39. The van der Waals surface area contributed by atoms with Crippen molar-refractivity contribution in [2.75, 3.05) is 33.5 Å². The smallest absolute Gasteiger partial charge is 0.329 e. The second-order valence-electron chi connectivity index (χ2n) is 20.3. The Hall–Kier alpha value is -3.37. The fourth-order valence-electron chi connectivity index (χ4n) is 10.5. The van der Waals surface area contributed by atoms with E-state index in [9.17, 15) is 49.5 Å². The van der Waals surface area contributed by atoms with Crippen molar-refractivity contribution in [3.8, 4) is 0 Å². The van der Waals surface area contributed by atoms with E-state index in [4.69, 9.17) is 14.2 Å². The summed E-state index contributed by atoms with van der Waals surface area (Å²) in [7, 11) is 1.36. The van der Waals surface area contributed by atoms with Gasteiger partial charge in [-0.05, 0) is 101 Å². The van der Waals surface area contributed by atoms with E-state index in [0.29, 0.717) is 56.4 Å². The lowest BCUT2D eigenvalue weighted by Crippen LogP contribution is -2.60. The van der Waals surface area contributed by atoms with Crippen LogP contribution in [0, 0.1) is 53.3 Å². The molecule has 2 saturated heterocycles. The summed E-state index contributed by atoms with van der Waals surface area (Å²) in [4.78, 5) is 71.8. The second kappa shape index (κ2) is 25.8. The van der Waals surface area contributed by atoms with Crippen LogP contribution in [0.25, 0.3) is 0 Å². The molecule has 0 aromatic carbocycles. The lowest BCUT2D eigenvalue weighted by atomic mass is 9.72. The zero-order valence-electron chi connectivity index (χ0n) is 40.8. The van der Waals surface area contributed by atoms with E-state index in [-0.39, 0.29) is 74.3 Å². The molecule has 372 valence electrons. The van der Waals surface area contributed by atoms with Crippen LogP contribution in [0.2, 0.25) is 0 Å². The third kappa shape index (κ3) is 14.3. The number of ketones is 3. The molecule has 0 aromatic heterocycles. The van der Waals surface area contributed by atoms with Gasteiger partial charge in [-0.2, -0.15) is 0 Å². The number of carbonyl (C=O) groups excluding carboxylic acids is 5. The number of amides is 1. The van der Waals surface area contributed by atoms with Crippen LogP contribution in [-0.4, -0.2) is 129 Å². The molecule has 2 bridgehead atoms. The Balaban J connectivity index is 1.72. The van der Waals surface area contributed by atoms with Gasteiger partial charge in [-0.1, -0.05) is 89.5 Å². The molecule has 1 amide bonds. The summed E-state index contributed by atoms with van der Waals surface area (Å²) in [5.41, 5.74) is 1.19. The number of aliphatic hydroxyl groups is 5.